The highest BCUT2D eigenvalue weighted by atomic mass is 16.4. The molecule has 0 aromatic rings. The van der Waals surface area contributed by atoms with Gasteiger partial charge in [-0.05, 0) is 62.9 Å². The summed E-state index contributed by atoms with van der Waals surface area (Å²) in [6.45, 7) is 4.48. The number of carbonyl (C=O) groups is 2. The maximum atomic E-state index is 11.9. The first kappa shape index (κ1) is 18.0. The normalized spacial score (nSPS) is 44.5. The molecule has 0 aromatic heterocycles. The molecule has 26 heavy (non-hydrogen) atoms. The highest BCUT2D eigenvalue weighted by molar-refractivity contribution is 5.92. The third-order valence-corrected chi connectivity index (χ3v) is 8.41. The van der Waals surface area contributed by atoms with E-state index in [9.17, 15) is 14.7 Å². The van der Waals surface area contributed by atoms with Crippen LogP contribution in [-0.4, -0.2) is 27.6 Å². The quantitative estimate of drug-likeness (QED) is 0.747. The fourth-order valence-corrected chi connectivity index (χ4v) is 6.68. The molecule has 0 spiro atoms. The average molecular weight is 358 g/mol. The van der Waals surface area contributed by atoms with Gasteiger partial charge < -0.3 is 10.2 Å². The first-order valence-electron chi connectivity index (χ1n) is 10.1. The summed E-state index contributed by atoms with van der Waals surface area (Å²) in [6.07, 6.45) is 10.7. The number of hydrogen-bond donors (Lipinski definition) is 2. The van der Waals surface area contributed by atoms with Gasteiger partial charge in [0.2, 0.25) is 0 Å². The van der Waals surface area contributed by atoms with E-state index in [4.69, 9.17) is 5.11 Å². The predicted octanol–water partition coefficient (Wildman–Crippen LogP) is 4.03. The lowest BCUT2D eigenvalue weighted by atomic mass is 9.50. The summed E-state index contributed by atoms with van der Waals surface area (Å²) in [5.41, 5.74) is 1.70. The van der Waals surface area contributed by atoms with Gasteiger partial charge in [0.15, 0.2) is 5.78 Å². The molecule has 4 nitrogen and oxygen atoms in total. The number of ketones is 1. The fraction of sp³-hybridized carbons (Fsp3) is 0.727. The number of hydrogen-bond acceptors (Lipinski definition) is 3. The second-order valence-electron chi connectivity index (χ2n) is 9.46. The summed E-state index contributed by atoms with van der Waals surface area (Å²) in [7, 11) is 0. The van der Waals surface area contributed by atoms with Crippen molar-refractivity contribution >= 4 is 11.8 Å². The minimum absolute atomic E-state index is 0.0138. The Labute approximate surface area is 155 Å². The minimum atomic E-state index is -0.877. The fourth-order valence-electron chi connectivity index (χ4n) is 6.68. The molecule has 0 aromatic carbocycles. The monoisotopic (exact) mass is 358 g/mol. The second-order valence-corrected chi connectivity index (χ2v) is 9.46. The lowest BCUT2D eigenvalue weighted by Gasteiger charge is -2.55. The first-order valence-corrected chi connectivity index (χ1v) is 10.1. The Kier molecular flexibility index (Phi) is 4.00. The van der Waals surface area contributed by atoms with Crippen molar-refractivity contribution in [1.82, 2.24) is 0 Å². The van der Waals surface area contributed by atoms with Crippen molar-refractivity contribution in [1.29, 1.82) is 0 Å². The van der Waals surface area contributed by atoms with Gasteiger partial charge in [0.25, 0.3) is 0 Å². The van der Waals surface area contributed by atoms with Crippen LogP contribution in [0.4, 0.5) is 0 Å². The molecule has 4 rings (SSSR count). The second kappa shape index (κ2) is 5.79. The highest BCUT2D eigenvalue weighted by Gasteiger charge is 2.61. The molecule has 0 radical (unpaired) electrons. The van der Waals surface area contributed by atoms with E-state index in [-0.39, 0.29) is 23.0 Å². The molecule has 0 amide bonds. The van der Waals surface area contributed by atoms with Crippen LogP contribution in [0.2, 0.25) is 0 Å². The van der Waals surface area contributed by atoms with E-state index in [1.807, 2.05) is 6.08 Å². The minimum Gasteiger partial charge on any atom is -0.481 e. The molecule has 0 saturated heterocycles. The zero-order valence-electron chi connectivity index (χ0n) is 15.9. The van der Waals surface area contributed by atoms with Crippen LogP contribution in [0.3, 0.4) is 0 Å². The van der Waals surface area contributed by atoms with Gasteiger partial charge in [-0.15, -0.1) is 0 Å². The predicted molar refractivity (Wildman–Crippen MR) is 98.5 cm³/mol. The van der Waals surface area contributed by atoms with Crippen LogP contribution in [0.25, 0.3) is 0 Å². The first-order chi connectivity index (χ1) is 12.2. The van der Waals surface area contributed by atoms with E-state index < -0.39 is 11.6 Å². The van der Waals surface area contributed by atoms with Gasteiger partial charge in [-0.3, -0.25) is 9.59 Å². The molecule has 4 heteroatoms. The maximum absolute atomic E-state index is 11.9. The Bertz CT molecular complexity index is 720. The standard InChI is InChI=1S/C22H30O4/c1-20-9-5-15(23)13-14(20)3-4-16-17(20)6-10-21(2)18(16)7-11-22(21,26)12-8-19(24)25/h6,13,16,18,26H,3-5,7-12H2,1-2H3,(H,24,25)/t16-,18+,20+,21+,22-/m1/s1. The van der Waals surface area contributed by atoms with Gasteiger partial charge in [-0.1, -0.05) is 31.1 Å². The highest BCUT2D eigenvalue weighted by Crippen LogP contribution is 2.66. The van der Waals surface area contributed by atoms with E-state index in [2.05, 4.69) is 19.9 Å². The van der Waals surface area contributed by atoms with Gasteiger partial charge in [-0.25, -0.2) is 0 Å². The third kappa shape index (κ3) is 2.37. The van der Waals surface area contributed by atoms with E-state index in [0.29, 0.717) is 31.1 Å². The summed E-state index contributed by atoms with van der Waals surface area (Å²) in [6, 6.07) is 0. The number of rotatable bonds is 3. The van der Waals surface area contributed by atoms with E-state index in [1.165, 1.54) is 11.1 Å². The number of carboxylic acid groups (broad SMARTS) is 1. The van der Waals surface area contributed by atoms with Crippen LogP contribution < -0.4 is 0 Å². The van der Waals surface area contributed by atoms with Crippen LogP contribution in [0, 0.1) is 22.7 Å². The van der Waals surface area contributed by atoms with Crippen molar-refractivity contribution < 1.29 is 19.8 Å². The van der Waals surface area contributed by atoms with Crippen molar-refractivity contribution in [2.24, 2.45) is 22.7 Å². The molecule has 2 N–H and O–H groups in total. The van der Waals surface area contributed by atoms with Crippen LogP contribution in [0.1, 0.15) is 71.6 Å². The SMILES string of the molecule is C[C@]12CCC(=O)C=C1CC[C@@H]1C2=CC[C@@]2(C)[C@H]1CC[C@@]2(O)CCC(=O)O. The Morgan fingerprint density at radius 2 is 2.00 bits per heavy atom. The molecule has 0 bridgehead atoms. The number of carbonyl (C=O) groups excluding carboxylic acids is 1. The maximum Gasteiger partial charge on any atom is 0.303 e. The number of aliphatic carboxylic acids is 1. The van der Waals surface area contributed by atoms with Crippen LogP contribution in [-0.2, 0) is 9.59 Å². The van der Waals surface area contributed by atoms with Crippen molar-refractivity contribution in [3.63, 3.8) is 0 Å². The molecule has 142 valence electrons. The summed E-state index contributed by atoms with van der Waals surface area (Å²) >= 11 is 0. The smallest absolute Gasteiger partial charge is 0.303 e. The summed E-state index contributed by atoms with van der Waals surface area (Å²) in [4.78, 5) is 22.9. The largest absolute Gasteiger partial charge is 0.481 e. The molecule has 5 atom stereocenters. The molecule has 2 fully saturated rings. The molecule has 0 aliphatic heterocycles. The van der Waals surface area contributed by atoms with Crippen molar-refractivity contribution in [2.75, 3.05) is 0 Å². The molecule has 0 heterocycles. The number of fused-ring (bicyclic) bond motifs is 5. The van der Waals surface area contributed by atoms with Gasteiger partial charge >= 0.3 is 5.97 Å². The Morgan fingerprint density at radius 1 is 1.23 bits per heavy atom. The lowest BCUT2D eigenvalue weighted by molar-refractivity contribution is -0.141. The lowest BCUT2D eigenvalue weighted by Crippen LogP contribution is -2.51. The Balaban J connectivity index is 1.68. The van der Waals surface area contributed by atoms with Crippen LogP contribution in [0.5, 0.6) is 0 Å². The van der Waals surface area contributed by atoms with Gasteiger partial charge in [0, 0.05) is 23.7 Å². The molecule has 2 saturated carbocycles. The summed E-state index contributed by atoms with van der Waals surface area (Å²) in [5, 5.41) is 20.5. The van der Waals surface area contributed by atoms with Crippen LogP contribution >= 0.6 is 0 Å². The topological polar surface area (TPSA) is 74.6 Å². The summed E-state index contributed by atoms with van der Waals surface area (Å²) in [5.74, 6) is 0.311. The Morgan fingerprint density at radius 3 is 2.73 bits per heavy atom. The number of allylic oxidation sites excluding steroid dienone is 4. The molecule has 4 aliphatic carbocycles. The van der Waals surface area contributed by atoms with Crippen molar-refractivity contribution in [3.8, 4) is 0 Å². The molecular weight excluding hydrogens is 328 g/mol. The van der Waals surface area contributed by atoms with Crippen molar-refractivity contribution in [2.45, 2.75) is 77.2 Å². The van der Waals surface area contributed by atoms with Gasteiger partial charge in [-0.2, -0.15) is 0 Å². The van der Waals surface area contributed by atoms with E-state index >= 15 is 0 Å². The molecule has 4 aliphatic rings. The van der Waals surface area contributed by atoms with E-state index in [0.717, 1.165) is 32.1 Å². The molecule has 0 unspecified atom stereocenters. The number of carboxylic acids is 1. The van der Waals surface area contributed by atoms with Crippen LogP contribution in [0.15, 0.2) is 23.3 Å². The van der Waals surface area contributed by atoms with Crippen molar-refractivity contribution in [3.05, 3.63) is 23.3 Å². The zero-order chi connectivity index (χ0) is 18.7. The zero-order valence-corrected chi connectivity index (χ0v) is 15.9. The average Bonchev–Trinajstić information content (AvgIpc) is 2.86. The molecular formula is C22H30O4. The van der Waals surface area contributed by atoms with Gasteiger partial charge in [0.1, 0.15) is 0 Å². The summed E-state index contributed by atoms with van der Waals surface area (Å²) < 4.78 is 0. The third-order valence-electron chi connectivity index (χ3n) is 8.41. The van der Waals surface area contributed by atoms with Gasteiger partial charge in [0.05, 0.1) is 5.60 Å². The number of aliphatic hydroxyl groups is 1. The van der Waals surface area contributed by atoms with E-state index in [1.54, 1.807) is 0 Å². The Hall–Kier alpha value is -1.42.